The minimum atomic E-state index is -1.09. The van der Waals surface area contributed by atoms with Gasteiger partial charge in [0.1, 0.15) is 11.8 Å². The van der Waals surface area contributed by atoms with Gasteiger partial charge < -0.3 is 20.5 Å². The highest BCUT2D eigenvalue weighted by atomic mass is 16.5. The molecule has 0 spiro atoms. The molecule has 138 valence electrons. The number of carbonyl (C=O) groups excluding carboxylic acids is 2. The van der Waals surface area contributed by atoms with E-state index in [1.165, 1.54) is 6.92 Å². The van der Waals surface area contributed by atoms with E-state index < -0.39 is 24.0 Å². The largest absolute Gasteiger partial charge is 0.494 e. The minimum absolute atomic E-state index is 0.0832. The van der Waals surface area contributed by atoms with Crippen LogP contribution in [0.3, 0.4) is 0 Å². The highest BCUT2D eigenvalue weighted by Gasteiger charge is 2.26. The van der Waals surface area contributed by atoms with Crippen molar-refractivity contribution in [3.63, 3.8) is 0 Å². The monoisotopic (exact) mass is 350 g/mol. The maximum Gasteiger partial charge on any atom is 0.326 e. The van der Waals surface area contributed by atoms with Gasteiger partial charge in [-0.15, -0.1) is 0 Å². The van der Waals surface area contributed by atoms with E-state index in [0.717, 1.165) is 0 Å². The van der Waals surface area contributed by atoms with Gasteiger partial charge in [-0.25, -0.2) is 4.79 Å². The summed E-state index contributed by atoms with van der Waals surface area (Å²) in [6, 6.07) is 5.54. The molecule has 7 heteroatoms. The van der Waals surface area contributed by atoms with Gasteiger partial charge in [0.05, 0.1) is 19.1 Å². The first kappa shape index (κ1) is 20.5. The predicted octanol–water partition coefficient (Wildman–Crippen LogP) is 1.88. The van der Waals surface area contributed by atoms with Crippen LogP contribution in [-0.4, -0.2) is 35.5 Å². The zero-order valence-corrected chi connectivity index (χ0v) is 15.0. The number of carboxylic acid groups (broad SMARTS) is 1. The van der Waals surface area contributed by atoms with Gasteiger partial charge in [0.25, 0.3) is 0 Å². The Bertz CT molecular complexity index is 615. The molecule has 1 aromatic rings. The number of carboxylic acids is 1. The van der Waals surface area contributed by atoms with Crippen molar-refractivity contribution in [3.05, 3.63) is 29.8 Å². The molecule has 25 heavy (non-hydrogen) atoms. The van der Waals surface area contributed by atoms with Gasteiger partial charge in [-0.05, 0) is 18.9 Å². The van der Waals surface area contributed by atoms with Crippen LogP contribution in [0.1, 0.15) is 45.7 Å². The molecule has 2 atom stereocenters. The molecule has 0 fully saturated rings. The highest BCUT2D eigenvalue weighted by molar-refractivity contribution is 5.84. The SMILES string of the molecule is CCOc1ccccc1C(CC(=O)NC(C(=O)O)C(C)C)NC(C)=O. The molecular weight excluding hydrogens is 324 g/mol. The highest BCUT2D eigenvalue weighted by Crippen LogP contribution is 2.27. The van der Waals surface area contributed by atoms with Gasteiger partial charge >= 0.3 is 5.97 Å². The lowest BCUT2D eigenvalue weighted by atomic mass is 10.0. The number of aliphatic carboxylic acids is 1. The van der Waals surface area contributed by atoms with E-state index in [2.05, 4.69) is 10.6 Å². The molecule has 0 saturated heterocycles. The molecule has 0 heterocycles. The van der Waals surface area contributed by atoms with Gasteiger partial charge in [-0.2, -0.15) is 0 Å². The van der Waals surface area contributed by atoms with Crippen molar-refractivity contribution in [1.82, 2.24) is 10.6 Å². The Balaban J connectivity index is 2.99. The van der Waals surface area contributed by atoms with Gasteiger partial charge in [-0.3, -0.25) is 9.59 Å². The Kier molecular flexibility index (Phi) is 7.91. The lowest BCUT2D eigenvalue weighted by Crippen LogP contribution is -2.45. The number of para-hydroxylation sites is 1. The number of rotatable bonds is 9. The summed E-state index contributed by atoms with van der Waals surface area (Å²) >= 11 is 0. The topological polar surface area (TPSA) is 105 Å². The first-order chi connectivity index (χ1) is 11.8. The first-order valence-corrected chi connectivity index (χ1v) is 8.27. The third kappa shape index (κ3) is 6.45. The molecule has 3 N–H and O–H groups in total. The van der Waals surface area contributed by atoms with E-state index in [1.807, 2.05) is 6.92 Å². The Hall–Kier alpha value is -2.57. The fourth-order valence-corrected chi connectivity index (χ4v) is 2.47. The first-order valence-electron chi connectivity index (χ1n) is 8.27. The molecule has 1 aromatic carbocycles. The molecule has 0 saturated carbocycles. The van der Waals surface area contributed by atoms with Crippen molar-refractivity contribution in [3.8, 4) is 5.75 Å². The van der Waals surface area contributed by atoms with Crippen molar-refractivity contribution in [1.29, 1.82) is 0 Å². The van der Waals surface area contributed by atoms with Crippen LogP contribution < -0.4 is 15.4 Å². The van der Waals surface area contributed by atoms with Gasteiger partial charge in [0.2, 0.25) is 11.8 Å². The Morgan fingerprint density at radius 2 is 1.80 bits per heavy atom. The summed E-state index contributed by atoms with van der Waals surface area (Å²) in [6.07, 6.45) is -0.0832. The van der Waals surface area contributed by atoms with Gasteiger partial charge in [0, 0.05) is 12.5 Å². The fraction of sp³-hybridized carbons (Fsp3) is 0.500. The number of ether oxygens (including phenoxy) is 1. The van der Waals surface area contributed by atoms with Crippen LogP contribution >= 0.6 is 0 Å². The molecule has 0 aliphatic heterocycles. The summed E-state index contributed by atoms with van der Waals surface area (Å²) in [5.41, 5.74) is 0.672. The normalized spacial score (nSPS) is 13.0. The van der Waals surface area contributed by atoms with Crippen molar-refractivity contribution >= 4 is 17.8 Å². The molecule has 1 rings (SSSR count). The third-order valence-electron chi connectivity index (χ3n) is 3.61. The summed E-state index contributed by atoms with van der Waals surface area (Å²) in [5, 5.41) is 14.4. The van der Waals surface area contributed by atoms with Crippen LogP contribution in [0.2, 0.25) is 0 Å². The smallest absolute Gasteiger partial charge is 0.326 e. The Morgan fingerprint density at radius 1 is 1.16 bits per heavy atom. The zero-order chi connectivity index (χ0) is 19.0. The van der Waals surface area contributed by atoms with E-state index in [1.54, 1.807) is 38.1 Å². The molecule has 0 aliphatic rings. The van der Waals surface area contributed by atoms with Crippen LogP contribution in [0.4, 0.5) is 0 Å². The van der Waals surface area contributed by atoms with E-state index in [0.29, 0.717) is 17.9 Å². The standard InChI is InChI=1S/C18H26N2O5/c1-5-25-15-9-7-6-8-13(15)14(19-12(4)21)10-16(22)20-17(11(2)3)18(23)24/h6-9,11,14,17H,5,10H2,1-4H3,(H,19,21)(H,20,22)(H,23,24). The molecule has 0 radical (unpaired) electrons. The second-order valence-electron chi connectivity index (χ2n) is 6.06. The lowest BCUT2D eigenvalue weighted by Gasteiger charge is -2.23. The van der Waals surface area contributed by atoms with Crippen molar-refractivity contribution in [2.75, 3.05) is 6.61 Å². The number of hydrogen-bond acceptors (Lipinski definition) is 4. The molecular formula is C18H26N2O5. The fourth-order valence-electron chi connectivity index (χ4n) is 2.47. The average Bonchev–Trinajstić information content (AvgIpc) is 2.52. The van der Waals surface area contributed by atoms with Crippen LogP contribution in [0, 0.1) is 5.92 Å². The maximum absolute atomic E-state index is 12.3. The zero-order valence-electron chi connectivity index (χ0n) is 15.0. The van der Waals surface area contributed by atoms with Crippen molar-refractivity contribution < 1.29 is 24.2 Å². The second-order valence-corrected chi connectivity index (χ2v) is 6.06. The van der Waals surface area contributed by atoms with E-state index in [-0.39, 0.29) is 18.2 Å². The van der Waals surface area contributed by atoms with Gasteiger partial charge in [0.15, 0.2) is 0 Å². The summed E-state index contributed by atoms with van der Waals surface area (Å²) in [4.78, 5) is 35.1. The maximum atomic E-state index is 12.3. The Morgan fingerprint density at radius 3 is 2.32 bits per heavy atom. The quantitative estimate of drug-likeness (QED) is 0.631. The second kappa shape index (κ2) is 9.66. The van der Waals surface area contributed by atoms with E-state index in [9.17, 15) is 19.5 Å². The van der Waals surface area contributed by atoms with Gasteiger partial charge in [-0.1, -0.05) is 32.0 Å². The van der Waals surface area contributed by atoms with E-state index >= 15 is 0 Å². The summed E-state index contributed by atoms with van der Waals surface area (Å²) in [7, 11) is 0. The number of nitrogens with one attached hydrogen (secondary N) is 2. The van der Waals surface area contributed by atoms with Crippen LogP contribution in [-0.2, 0) is 14.4 Å². The number of benzene rings is 1. The van der Waals surface area contributed by atoms with Crippen LogP contribution in [0.15, 0.2) is 24.3 Å². The molecule has 0 bridgehead atoms. The van der Waals surface area contributed by atoms with Crippen LogP contribution in [0.25, 0.3) is 0 Å². The number of carbonyl (C=O) groups is 3. The molecule has 0 aliphatic carbocycles. The number of hydrogen-bond donors (Lipinski definition) is 3. The van der Waals surface area contributed by atoms with Crippen molar-refractivity contribution in [2.45, 2.75) is 46.2 Å². The molecule has 0 aromatic heterocycles. The Labute approximate surface area is 147 Å². The van der Waals surface area contributed by atoms with Crippen LogP contribution in [0.5, 0.6) is 5.75 Å². The minimum Gasteiger partial charge on any atom is -0.494 e. The summed E-state index contributed by atoms with van der Waals surface area (Å²) < 4.78 is 5.56. The predicted molar refractivity (Wildman–Crippen MR) is 93.2 cm³/mol. The summed E-state index contributed by atoms with van der Waals surface area (Å²) in [5.74, 6) is -1.50. The third-order valence-corrected chi connectivity index (χ3v) is 3.61. The average molecular weight is 350 g/mol. The lowest BCUT2D eigenvalue weighted by molar-refractivity contribution is -0.143. The summed E-state index contributed by atoms with van der Waals surface area (Å²) in [6.45, 7) is 7.09. The molecule has 7 nitrogen and oxygen atoms in total. The van der Waals surface area contributed by atoms with E-state index in [4.69, 9.17) is 4.74 Å². The van der Waals surface area contributed by atoms with Crippen molar-refractivity contribution in [2.24, 2.45) is 5.92 Å². The molecule has 2 unspecified atom stereocenters. The molecule has 2 amide bonds. The number of amides is 2.